The van der Waals surface area contributed by atoms with E-state index >= 15 is 0 Å². The molecule has 0 saturated carbocycles. The summed E-state index contributed by atoms with van der Waals surface area (Å²) in [6, 6.07) is 35.8. The molecule has 4 aromatic carbocycles. The zero-order valence-electron chi connectivity index (χ0n) is 17.7. The normalized spacial score (nSPS) is 13.9. The number of para-hydroxylation sites is 2. The minimum absolute atomic E-state index is 0.572. The lowest BCUT2D eigenvalue weighted by Gasteiger charge is -2.37. The Bertz CT molecular complexity index is 1210. The highest BCUT2D eigenvalue weighted by atomic mass is 16.5. The predicted octanol–water partition coefficient (Wildman–Crippen LogP) is 6.59. The van der Waals surface area contributed by atoms with E-state index < -0.39 is 5.41 Å². The van der Waals surface area contributed by atoms with E-state index in [0.717, 1.165) is 22.6 Å². The van der Waals surface area contributed by atoms with Crippen LogP contribution in [0.1, 0.15) is 27.8 Å². The Balaban J connectivity index is 1.97. The van der Waals surface area contributed by atoms with Crippen LogP contribution in [0.3, 0.4) is 0 Å². The fourth-order valence-corrected chi connectivity index (χ4v) is 4.93. The number of rotatable bonds is 5. The van der Waals surface area contributed by atoms with Crippen molar-refractivity contribution in [2.24, 2.45) is 0 Å². The number of hydrogen-bond acceptors (Lipinski definition) is 2. The minimum Gasteiger partial charge on any atom is -0.496 e. The van der Waals surface area contributed by atoms with Gasteiger partial charge in [-0.1, -0.05) is 91.0 Å². The minimum atomic E-state index is -0.572. The first-order valence-corrected chi connectivity index (χ1v) is 10.4. The maximum absolute atomic E-state index is 5.91. The maximum Gasteiger partial charge on any atom is 0.123 e. The first-order chi connectivity index (χ1) is 15.3. The molecule has 0 unspecified atom stereocenters. The number of hydrogen-bond donors (Lipinski definition) is 0. The van der Waals surface area contributed by atoms with Crippen LogP contribution in [-0.2, 0) is 5.41 Å². The Morgan fingerprint density at radius 3 is 1.58 bits per heavy atom. The van der Waals surface area contributed by atoms with Crippen LogP contribution < -0.4 is 9.47 Å². The van der Waals surface area contributed by atoms with Crippen LogP contribution in [0.5, 0.6) is 11.5 Å². The molecule has 0 atom stereocenters. The van der Waals surface area contributed by atoms with Gasteiger partial charge in [0, 0.05) is 11.1 Å². The van der Waals surface area contributed by atoms with E-state index in [1.807, 2.05) is 24.3 Å². The third-order valence-electron chi connectivity index (χ3n) is 6.18. The Hall–Kier alpha value is -3.78. The number of fused-ring (bicyclic) bond motifs is 1. The van der Waals surface area contributed by atoms with Crippen LogP contribution in [0, 0.1) is 0 Å². The highest BCUT2D eigenvalue weighted by molar-refractivity contribution is 6.00. The molecular formula is C29H24O2. The van der Waals surface area contributed by atoms with Gasteiger partial charge >= 0.3 is 0 Å². The Morgan fingerprint density at radius 2 is 1.00 bits per heavy atom. The molecule has 4 aromatic rings. The molecule has 0 aliphatic heterocycles. The molecule has 1 aliphatic carbocycles. The Kier molecular flexibility index (Phi) is 4.83. The summed E-state index contributed by atoms with van der Waals surface area (Å²) in [5, 5.41) is 0. The van der Waals surface area contributed by atoms with Gasteiger partial charge in [-0.3, -0.25) is 0 Å². The van der Waals surface area contributed by atoms with Gasteiger partial charge in [-0.05, 0) is 40.5 Å². The van der Waals surface area contributed by atoms with Gasteiger partial charge in [0.15, 0.2) is 0 Å². The summed E-state index contributed by atoms with van der Waals surface area (Å²) in [4.78, 5) is 0. The molecule has 5 rings (SSSR count). The second kappa shape index (κ2) is 7.81. The fourth-order valence-electron chi connectivity index (χ4n) is 4.93. The van der Waals surface area contributed by atoms with Crippen molar-refractivity contribution in [3.63, 3.8) is 0 Å². The lowest BCUT2D eigenvalue weighted by molar-refractivity contribution is 0.397. The molecular weight excluding hydrogens is 380 g/mol. The molecule has 0 radical (unpaired) electrons. The molecule has 0 heterocycles. The molecule has 2 nitrogen and oxygen atoms in total. The highest BCUT2D eigenvalue weighted by Crippen LogP contribution is 2.58. The Morgan fingerprint density at radius 1 is 0.516 bits per heavy atom. The maximum atomic E-state index is 5.91. The van der Waals surface area contributed by atoms with E-state index in [4.69, 9.17) is 9.47 Å². The molecule has 0 spiro atoms. The van der Waals surface area contributed by atoms with Crippen LogP contribution in [-0.4, -0.2) is 14.2 Å². The van der Waals surface area contributed by atoms with Crippen molar-refractivity contribution in [1.82, 2.24) is 0 Å². The highest BCUT2D eigenvalue weighted by Gasteiger charge is 2.48. The first-order valence-electron chi connectivity index (χ1n) is 10.4. The van der Waals surface area contributed by atoms with Gasteiger partial charge in [0.05, 0.1) is 19.6 Å². The standard InChI is InChI=1S/C29H24O2/c1-30-27-18-10-8-16-24(27)29(25-17-9-11-19-28(25)31-2)23-15-7-6-14-22(23)20-26(29)21-12-4-3-5-13-21/h3-20H,1-2H3. The largest absolute Gasteiger partial charge is 0.496 e. The SMILES string of the molecule is COc1ccccc1C1(c2ccccc2OC)C(c2ccccc2)=Cc2ccccc21. The number of ether oxygens (including phenoxy) is 2. The molecule has 1 aliphatic rings. The molecule has 0 N–H and O–H groups in total. The van der Waals surface area contributed by atoms with E-state index in [-0.39, 0.29) is 0 Å². The van der Waals surface area contributed by atoms with Gasteiger partial charge in [-0.2, -0.15) is 0 Å². The lowest BCUT2D eigenvalue weighted by Crippen LogP contribution is -2.30. The van der Waals surface area contributed by atoms with Crippen LogP contribution in [0.2, 0.25) is 0 Å². The molecule has 2 heteroatoms. The van der Waals surface area contributed by atoms with Crippen molar-refractivity contribution in [2.45, 2.75) is 5.41 Å². The van der Waals surface area contributed by atoms with Crippen molar-refractivity contribution in [3.05, 3.63) is 131 Å². The summed E-state index contributed by atoms with van der Waals surface area (Å²) in [6.45, 7) is 0. The first kappa shape index (κ1) is 19.2. The third-order valence-corrected chi connectivity index (χ3v) is 6.18. The average molecular weight is 405 g/mol. The lowest BCUT2D eigenvalue weighted by atomic mass is 9.65. The molecule has 152 valence electrons. The van der Waals surface area contributed by atoms with Crippen LogP contribution in [0.4, 0.5) is 0 Å². The van der Waals surface area contributed by atoms with Gasteiger partial charge in [-0.15, -0.1) is 0 Å². The van der Waals surface area contributed by atoms with Crippen LogP contribution in [0.25, 0.3) is 11.6 Å². The molecule has 31 heavy (non-hydrogen) atoms. The molecule has 0 amide bonds. The predicted molar refractivity (Wildman–Crippen MR) is 127 cm³/mol. The van der Waals surface area contributed by atoms with E-state index in [9.17, 15) is 0 Å². The van der Waals surface area contributed by atoms with Crippen LogP contribution >= 0.6 is 0 Å². The third kappa shape index (κ3) is 2.87. The Labute approximate surface area is 183 Å². The summed E-state index contributed by atoms with van der Waals surface area (Å²) in [6.07, 6.45) is 2.31. The summed E-state index contributed by atoms with van der Waals surface area (Å²) in [5.41, 5.74) is 6.45. The van der Waals surface area contributed by atoms with Gasteiger partial charge in [-0.25, -0.2) is 0 Å². The monoisotopic (exact) mass is 404 g/mol. The number of methoxy groups -OCH3 is 2. The molecule has 0 saturated heterocycles. The summed E-state index contributed by atoms with van der Waals surface area (Å²) in [7, 11) is 3.48. The zero-order chi connectivity index (χ0) is 21.3. The van der Waals surface area contributed by atoms with E-state index in [1.165, 1.54) is 22.3 Å². The van der Waals surface area contributed by atoms with Crippen molar-refractivity contribution in [2.75, 3.05) is 14.2 Å². The van der Waals surface area contributed by atoms with Gasteiger partial charge in [0.1, 0.15) is 11.5 Å². The quantitative estimate of drug-likeness (QED) is 0.373. The van der Waals surface area contributed by atoms with Crippen molar-refractivity contribution >= 4 is 11.6 Å². The van der Waals surface area contributed by atoms with Gasteiger partial charge < -0.3 is 9.47 Å². The summed E-state index contributed by atoms with van der Waals surface area (Å²) < 4.78 is 11.8. The summed E-state index contributed by atoms with van der Waals surface area (Å²) >= 11 is 0. The van der Waals surface area contributed by atoms with E-state index in [1.54, 1.807) is 14.2 Å². The van der Waals surface area contributed by atoms with Crippen molar-refractivity contribution in [3.8, 4) is 11.5 Å². The number of benzene rings is 4. The zero-order valence-corrected chi connectivity index (χ0v) is 17.7. The van der Waals surface area contributed by atoms with Crippen molar-refractivity contribution in [1.29, 1.82) is 0 Å². The van der Waals surface area contributed by atoms with Gasteiger partial charge in [0.25, 0.3) is 0 Å². The van der Waals surface area contributed by atoms with Gasteiger partial charge in [0.2, 0.25) is 0 Å². The molecule has 0 fully saturated rings. The van der Waals surface area contributed by atoms with E-state index in [0.29, 0.717) is 0 Å². The van der Waals surface area contributed by atoms with Crippen LogP contribution in [0.15, 0.2) is 103 Å². The molecule has 0 bridgehead atoms. The summed E-state index contributed by atoms with van der Waals surface area (Å²) in [5.74, 6) is 1.71. The van der Waals surface area contributed by atoms with Crippen molar-refractivity contribution < 1.29 is 9.47 Å². The number of allylic oxidation sites excluding steroid dienone is 1. The molecule has 0 aromatic heterocycles. The average Bonchev–Trinajstić information content (AvgIpc) is 3.20. The van der Waals surface area contributed by atoms with E-state index in [2.05, 4.69) is 84.9 Å². The smallest absolute Gasteiger partial charge is 0.123 e. The fraction of sp³-hybridized carbons (Fsp3) is 0.103. The second-order valence-electron chi connectivity index (χ2n) is 7.66. The topological polar surface area (TPSA) is 18.5 Å². The second-order valence-corrected chi connectivity index (χ2v) is 7.66.